The van der Waals surface area contributed by atoms with E-state index in [0.717, 1.165) is 15.5 Å². The van der Waals surface area contributed by atoms with Gasteiger partial charge in [-0.05, 0) is 46.6 Å². The maximum Gasteiger partial charge on any atom is 0.224 e. The summed E-state index contributed by atoms with van der Waals surface area (Å²) in [5, 5.41) is 1.26. The lowest BCUT2D eigenvalue weighted by molar-refractivity contribution is 1.19. The van der Waals surface area contributed by atoms with E-state index in [2.05, 4.69) is 25.9 Å². The summed E-state index contributed by atoms with van der Waals surface area (Å²) in [6.07, 6.45) is 0. The molecule has 0 aliphatic rings. The second kappa shape index (κ2) is 3.24. The Morgan fingerprint density at radius 2 is 2.08 bits per heavy atom. The van der Waals surface area contributed by atoms with E-state index in [1.165, 1.54) is 5.56 Å². The van der Waals surface area contributed by atoms with Gasteiger partial charge in [0.1, 0.15) is 4.60 Å². The van der Waals surface area contributed by atoms with E-state index in [-0.39, 0.29) is 5.28 Å². The van der Waals surface area contributed by atoms with Crippen molar-refractivity contribution in [3.63, 3.8) is 0 Å². The first-order valence-electron chi connectivity index (χ1n) is 3.76. The lowest BCUT2D eigenvalue weighted by Crippen LogP contribution is -1.87. The van der Waals surface area contributed by atoms with Gasteiger partial charge in [-0.15, -0.1) is 0 Å². The third-order valence-electron chi connectivity index (χ3n) is 1.78. The molecule has 1 heterocycles. The normalized spacial score (nSPS) is 10.7. The zero-order valence-corrected chi connectivity index (χ0v) is 9.22. The van der Waals surface area contributed by atoms with Crippen molar-refractivity contribution < 1.29 is 0 Å². The Morgan fingerprint density at radius 1 is 1.31 bits per heavy atom. The minimum atomic E-state index is 0.267. The fourth-order valence-electron chi connectivity index (χ4n) is 1.18. The van der Waals surface area contributed by atoms with E-state index in [9.17, 15) is 0 Å². The number of fused-ring (bicyclic) bond motifs is 1. The fourth-order valence-corrected chi connectivity index (χ4v) is 1.94. The minimum Gasteiger partial charge on any atom is -0.218 e. The first-order valence-corrected chi connectivity index (χ1v) is 4.93. The van der Waals surface area contributed by atoms with E-state index in [4.69, 9.17) is 11.6 Å². The summed E-state index contributed by atoms with van der Waals surface area (Å²) < 4.78 is 0.742. The molecule has 2 rings (SSSR count). The molecule has 13 heavy (non-hydrogen) atoms. The van der Waals surface area contributed by atoms with Gasteiger partial charge in [0.05, 0.1) is 5.52 Å². The summed E-state index contributed by atoms with van der Waals surface area (Å²) in [7, 11) is 0. The predicted octanol–water partition coefficient (Wildman–Crippen LogP) is 3.35. The summed E-state index contributed by atoms with van der Waals surface area (Å²) in [5.74, 6) is 0. The molecule has 0 amide bonds. The van der Waals surface area contributed by atoms with Crippen molar-refractivity contribution in [2.24, 2.45) is 0 Å². The third-order valence-corrected chi connectivity index (χ3v) is 2.55. The summed E-state index contributed by atoms with van der Waals surface area (Å²) in [6.45, 7) is 2.03. The molecular formula is C9H6BrClN2. The molecule has 66 valence electrons. The Labute approximate surface area is 89.1 Å². The first kappa shape index (κ1) is 8.91. The highest BCUT2D eigenvalue weighted by atomic mass is 79.9. The number of halogens is 2. The van der Waals surface area contributed by atoms with Gasteiger partial charge in [0.2, 0.25) is 5.28 Å². The molecule has 0 N–H and O–H groups in total. The van der Waals surface area contributed by atoms with Gasteiger partial charge < -0.3 is 0 Å². The van der Waals surface area contributed by atoms with Gasteiger partial charge >= 0.3 is 0 Å². The van der Waals surface area contributed by atoms with E-state index < -0.39 is 0 Å². The Hall–Kier alpha value is -0.670. The van der Waals surface area contributed by atoms with Gasteiger partial charge in [-0.25, -0.2) is 9.97 Å². The van der Waals surface area contributed by atoms with Crippen LogP contribution in [0.15, 0.2) is 22.8 Å². The van der Waals surface area contributed by atoms with Crippen LogP contribution in [-0.4, -0.2) is 9.97 Å². The van der Waals surface area contributed by atoms with Gasteiger partial charge in [-0.2, -0.15) is 0 Å². The molecule has 0 aliphatic carbocycles. The van der Waals surface area contributed by atoms with Crippen molar-refractivity contribution in [2.45, 2.75) is 6.92 Å². The number of benzene rings is 1. The fraction of sp³-hybridized carbons (Fsp3) is 0.111. The van der Waals surface area contributed by atoms with Crippen LogP contribution in [0.3, 0.4) is 0 Å². The van der Waals surface area contributed by atoms with Crippen molar-refractivity contribution in [1.82, 2.24) is 9.97 Å². The van der Waals surface area contributed by atoms with Gasteiger partial charge in [-0.3, -0.25) is 0 Å². The van der Waals surface area contributed by atoms with E-state index in [1.807, 2.05) is 25.1 Å². The van der Waals surface area contributed by atoms with Crippen LogP contribution in [0.2, 0.25) is 5.28 Å². The molecule has 0 atom stereocenters. The maximum absolute atomic E-state index is 5.71. The van der Waals surface area contributed by atoms with Gasteiger partial charge in [0, 0.05) is 5.39 Å². The molecule has 0 saturated heterocycles. The van der Waals surface area contributed by atoms with Crippen LogP contribution >= 0.6 is 27.5 Å². The van der Waals surface area contributed by atoms with Crippen LogP contribution in [-0.2, 0) is 0 Å². The third kappa shape index (κ3) is 1.67. The van der Waals surface area contributed by atoms with Crippen molar-refractivity contribution in [2.75, 3.05) is 0 Å². The molecule has 0 fully saturated rings. The summed E-state index contributed by atoms with van der Waals surface area (Å²) in [5.41, 5.74) is 2.04. The lowest BCUT2D eigenvalue weighted by Gasteiger charge is -2.00. The molecule has 0 aliphatic heterocycles. The number of hydrogen-bond acceptors (Lipinski definition) is 2. The van der Waals surface area contributed by atoms with E-state index in [1.54, 1.807) is 0 Å². The number of aryl methyl sites for hydroxylation is 1. The number of hydrogen-bond donors (Lipinski definition) is 0. The summed E-state index contributed by atoms with van der Waals surface area (Å²) in [4.78, 5) is 8.12. The number of aromatic nitrogens is 2. The van der Waals surface area contributed by atoms with E-state index >= 15 is 0 Å². The zero-order chi connectivity index (χ0) is 9.42. The van der Waals surface area contributed by atoms with Crippen molar-refractivity contribution in [3.05, 3.63) is 33.6 Å². The second-order valence-electron chi connectivity index (χ2n) is 2.80. The van der Waals surface area contributed by atoms with Crippen LogP contribution in [0.4, 0.5) is 0 Å². The quantitative estimate of drug-likeness (QED) is 0.534. The minimum absolute atomic E-state index is 0.267. The Balaban J connectivity index is 2.87. The highest BCUT2D eigenvalue weighted by Crippen LogP contribution is 2.23. The molecule has 4 heteroatoms. The Bertz CT molecular complexity index is 470. The number of rotatable bonds is 0. The SMILES string of the molecule is Cc1ccc2nc(Cl)nc(Br)c2c1. The van der Waals surface area contributed by atoms with E-state index in [0.29, 0.717) is 0 Å². The maximum atomic E-state index is 5.71. The van der Waals surface area contributed by atoms with Crippen LogP contribution in [0.25, 0.3) is 10.9 Å². The lowest BCUT2D eigenvalue weighted by atomic mass is 10.2. The monoisotopic (exact) mass is 256 g/mol. The standard InChI is InChI=1S/C9H6BrClN2/c1-5-2-3-7-6(4-5)8(10)13-9(11)12-7/h2-4H,1H3. The summed E-state index contributed by atoms with van der Waals surface area (Å²) in [6, 6.07) is 5.96. The molecule has 0 bridgehead atoms. The van der Waals surface area contributed by atoms with Crippen LogP contribution < -0.4 is 0 Å². The Morgan fingerprint density at radius 3 is 2.85 bits per heavy atom. The topological polar surface area (TPSA) is 25.8 Å². The molecule has 1 aromatic carbocycles. The molecule has 0 unspecified atom stereocenters. The second-order valence-corrected chi connectivity index (χ2v) is 3.89. The van der Waals surface area contributed by atoms with Crippen LogP contribution in [0, 0.1) is 6.92 Å². The van der Waals surface area contributed by atoms with Crippen molar-refractivity contribution in [3.8, 4) is 0 Å². The average molecular weight is 258 g/mol. The molecular weight excluding hydrogens is 251 g/mol. The largest absolute Gasteiger partial charge is 0.224 e. The molecule has 1 aromatic heterocycles. The molecule has 2 nitrogen and oxygen atoms in total. The van der Waals surface area contributed by atoms with Crippen LogP contribution in [0.1, 0.15) is 5.56 Å². The van der Waals surface area contributed by atoms with Gasteiger partial charge in [0.15, 0.2) is 0 Å². The van der Waals surface area contributed by atoms with Gasteiger partial charge in [-0.1, -0.05) is 11.6 Å². The Kier molecular flexibility index (Phi) is 2.22. The highest BCUT2D eigenvalue weighted by Gasteiger charge is 2.03. The van der Waals surface area contributed by atoms with Crippen molar-refractivity contribution >= 4 is 38.4 Å². The summed E-state index contributed by atoms with van der Waals surface area (Å²) >= 11 is 9.06. The van der Waals surface area contributed by atoms with Crippen molar-refractivity contribution in [1.29, 1.82) is 0 Å². The van der Waals surface area contributed by atoms with Crippen LogP contribution in [0.5, 0.6) is 0 Å². The molecule has 0 radical (unpaired) electrons. The molecule has 2 aromatic rings. The molecule has 0 spiro atoms. The first-order chi connectivity index (χ1) is 6.16. The zero-order valence-electron chi connectivity index (χ0n) is 6.88. The van der Waals surface area contributed by atoms with Gasteiger partial charge in [0.25, 0.3) is 0 Å². The number of nitrogens with zero attached hydrogens (tertiary/aromatic N) is 2. The smallest absolute Gasteiger partial charge is 0.218 e. The average Bonchev–Trinajstić information content (AvgIpc) is 2.06. The highest BCUT2D eigenvalue weighted by molar-refractivity contribution is 9.10. The molecule has 0 saturated carbocycles. The predicted molar refractivity (Wildman–Crippen MR) is 57.0 cm³/mol.